The maximum absolute atomic E-state index is 9.59. The molecule has 0 aliphatic heterocycles. The molecule has 1 N–H and O–H groups in total. The zero-order valence-corrected chi connectivity index (χ0v) is 12.0. The Labute approximate surface area is 124 Å². The van der Waals surface area contributed by atoms with Crippen molar-refractivity contribution in [3.8, 4) is 16.9 Å². The highest BCUT2D eigenvalue weighted by atomic mass is 16.3. The second kappa shape index (κ2) is 5.94. The van der Waals surface area contributed by atoms with Gasteiger partial charge in [-0.25, -0.2) is 4.68 Å². The van der Waals surface area contributed by atoms with E-state index in [9.17, 15) is 5.11 Å². The molecule has 0 unspecified atom stereocenters. The van der Waals surface area contributed by atoms with Crippen LogP contribution in [-0.2, 0) is 13.0 Å². The molecular weight excluding hydrogens is 260 g/mol. The van der Waals surface area contributed by atoms with Crippen LogP contribution in [0.15, 0.2) is 60.8 Å². The summed E-state index contributed by atoms with van der Waals surface area (Å²) >= 11 is 0. The van der Waals surface area contributed by atoms with Gasteiger partial charge in [0.25, 0.3) is 0 Å². The van der Waals surface area contributed by atoms with Crippen molar-refractivity contribution in [1.29, 1.82) is 0 Å². The molecule has 3 aromatic rings. The van der Waals surface area contributed by atoms with Crippen molar-refractivity contribution in [2.75, 3.05) is 0 Å². The molecule has 1 heterocycles. The summed E-state index contributed by atoms with van der Waals surface area (Å²) in [6.45, 7) is 2.12. The summed E-state index contributed by atoms with van der Waals surface area (Å²) in [7, 11) is 0. The highest BCUT2D eigenvalue weighted by molar-refractivity contribution is 5.63. The van der Waals surface area contributed by atoms with Crippen LogP contribution in [0.1, 0.15) is 18.1 Å². The Hall–Kier alpha value is -2.39. The third kappa shape index (κ3) is 2.73. The predicted molar refractivity (Wildman–Crippen MR) is 84.3 cm³/mol. The van der Waals surface area contributed by atoms with Gasteiger partial charge in [-0.1, -0.05) is 49.4 Å². The van der Waals surface area contributed by atoms with E-state index in [2.05, 4.69) is 36.3 Å². The number of para-hydroxylation sites is 1. The monoisotopic (exact) mass is 278 g/mol. The van der Waals surface area contributed by atoms with E-state index < -0.39 is 0 Å². The lowest BCUT2D eigenvalue weighted by Crippen LogP contribution is -1.94. The molecular formula is C18H18N2O. The fraction of sp³-hybridized carbons (Fsp3) is 0.167. The second-order valence-electron chi connectivity index (χ2n) is 4.99. The Balaban J connectivity index is 2.03. The second-order valence-corrected chi connectivity index (χ2v) is 4.99. The van der Waals surface area contributed by atoms with Crippen molar-refractivity contribution in [3.63, 3.8) is 0 Å². The molecule has 0 amide bonds. The minimum atomic E-state index is -0.0162. The van der Waals surface area contributed by atoms with Gasteiger partial charge in [0.05, 0.1) is 18.0 Å². The summed E-state index contributed by atoms with van der Waals surface area (Å²) in [6, 6.07) is 18.3. The van der Waals surface area contributed by atoms with Crippen LogP contribution >= 0.6 is 0 Å². The SMILES string of the molecule is CCc1ccc(-c2nn(-c3ccccc3)cc2CO)cc1. The first kappa shape index (κ1) is 13.6. The number of aryl methyl sites for hydroxylation is 1. The molecule has 0 saturated carbocycles. The van der Waals surface area contributed by atoms with Gasteiger partial charge in [0.1, 0.15) is 0 Å². The number of rotatable bonds is 4. The summed E-state index contributed by atoms with van der Waals surface area (Å²) < 4.78 is 1.81. The van der Waals surface area contributed by atoms with Crippen LogP contribution in [0.2, 0.25) is 0 Å². The van der Waals surface area contributed by atoms with Crippen LogP contribution in [0.4, 0.5) is 0 Å². The van der Waals surface area contributed by atoms with Crippen molar-refractivity contribution in [1.82, 2.24) is 9.78 Å². The maximum atomic E-state index is 9.59. The largest absolute Gasteiger partial charge is 0.392 e. The highest BCUT2D eigenvalue weighted by Crippen LogP contribution is 2.24. The fourth-order valence-electron chi connectivity index (χ4n) is 2.38. The van der Waals surface area contributed by atoms with Gasteiger partial charge >= 0.3 is 0 Å². The van der Waals surface area contributed by atoms with Gasteiger partial charge in [-0.2, -0.15) is 5.10 Å². The Bertz CT molecular complexity index is 715. The third-order valence-corrected chi connectivity index (χ3v) is 3.62. The van der Waals surface area contributed by atoms with Crippen LogP contribution in [0.3, 0.4) is 0 Å². The molecule has 3 heteroatoms. The number of hydrogen-bond donors (Lipinski definition) is 1. The molecule has 0 aliphatic carbocycles. The molecule has 0 radical (unpaired) electrons. The summed E-state index contributed by atoms with van der Waals surface area (Å²) in [5.41, 5.74) is 4.99. The summed E-state index contributed by atoms with van der Waals surface area (Å²) in [6.07, 6.45) is 2.91. The third-order valence-electron chi connectivity index (χ3n) is 3.62. The summed E-state index contributed by atoms with van der Waals surface area (Å²) in [4.78, 5) is 0. The van der Waals surface area contributed by atoms with E-state index in [1.807, 2.05) is 41.2 Å². The molecule has 0 aliphatic rings. The van der Waals surface area contributed by atoms with Crippen molar-refractivity contribution >= 4 is 0 Å². The lowest BCUT2D eigenvalue weighted by molar-refractivity contribution is 0.282. The van der Waals surface area contributed by atoms with Gasteiger partial charge in [-0.15, -0.1) is 0 Å². The minimum Gasteiger partial charge on any atom is -0.392 e. The van der Waals surface area contributed by atoms with E-state index in [0.29, 0.717) is 0 Å². The molecule has 106 valence electrons. The fourth-order valence-corrected chi connectivity index (χ4v) is 2.38. The smallest absolute Gasteiger partial charge is 0.0982 e. The number of aromatic nitrogens is 2. The number of nitrogens with zero attached hydrogens (tertiary/aromatic N) is 2. The van der Waals surface area contributed by atoms with E-state index in [1.54, 1.807) is 0 Å². The molecule has 0 spiro atoms. The Kier molecular flexibility index (Phi) is 3.84. The molecule has 0 atom stereocenters. The first-order valence-corrected chi connectivity index (χ1v) is 7.16. The molecule has 0 bridgehead atoms. The van der Waals surface area contributed by atoms with Crippen molar-refractivity contribution in [2.45, 2.75) is 20.0 Å². The zero-order chi connectivity index (χ0) is 14.7. The topological polar surface area (TPSA) is 38.0 Å². The average molecular weight is 278 g/mol. The number of benzene rings is 2. The van der Waals surface area contributed by atoms with E-state index in [-0.39, 0.29) is 6.61 Å². The molecule has 3 rings (SSSR count). The Morgan fingerprint density at radius 3 is 2.33 bits per heavy atom. The number of hydrogen-bond acceptors (Lipinski definition) is 2. The lowest BCUT2D eigenvalue weighted by atomic mass is 10.1. The highest BCUT2D eigenvalue weighted by Gasteiger charge is 2.11. The van der Waals surface area contributed by atoms with E-state index in [0.717, 1.165) is 28.9 Å². The molecule has 3 nitrogen and oxygen atoms in total. The average Bonchev–Trinajstić information content (AvgIpc) is 3.00. The van der Waals surface area contributed by atoms with Gasteiger partial charge < -0.3 is 5.11 Å². The lowest BCUT2D eigenvalue weighted by Gasteiger charge is -2.02. The minimum absolute atomic E-state index is 0.0162. The van der Waals surface area contributed by atoms with E-state index in [4.69, 9.17) is 0 Å². The summed E-state index contributed by atoms with van der Waals surface area (Å²) in [5, 5.41) is 14.2. The van der Waals surface area contributed by atoms with Crippen LogP contribution < -0.4 is 0 Å². The van der Waals surface area contributed by atoms with Gasteiger partial charge in [-0.05, 0) is 24.1 Å². The van der Waals surface area contributed by atoms with Crippen molar-refractivity contribution < 1.29 is 5.11 Å². The normalized spacial score (nSPS) is 10.8. The first-order valence-electron chi connectivity index (χ1n) is 7.16. The molecule has 0 fully saturated rings. The first-order chi connectivity index (χ1) is 10.3. The molecule has 1 aromatic heterocycles. The van der Waals surface area contributed by atoms with Crippen molar-refractivity contribution in [2.24, 2.45) is 0 Å². The Morgan fingerprint density at radius 1 is 1.00 bits per heavy atom. The van der Waals surface area contributed by atoms with Crippen LogP contribution in [0, 0.1) is 0 Å². The standard InChI is InChI=1S/C18H18N2O/c1-2-14-8-10-15(11-9-14)18-16(13-21)12-20(19-18)17-6-4-3-5-7-17/h3-12,21H,2,13H2,1H3. The number of aliphatic hydroxyl groups is 1. The summed E-state index contributed by atoms with van der Waals surface area (Å²) in [5.74, 6) is 0. The van der Waals surface area contributed by atoms with Gasteiger partial charge in [0.15, 0.2) is 0 Å². The van der Waals surface area contributed by atoms with Crippen LogP contribution in [-0.4, -0.2) is 14.9 Å². The number of aliphatic hydroxyl groups excluding tert-OH is 1. The Morgan fingerprint density at radius 2 is 1.71 bits per heavy atom. The van der Waals surface area contributed by atoms with Crippen LogP contribution in [0.5, 0.6) is 0 Å². The molecule has 2 aromatic carbocycles. The van der Waals surface area contributed by atoms with Gasteiger partial charge in [0, 0.05) is 17.3 Å². The van der Waals surface area contributed by atoms with Gasteiger partial charge in [-0.3, -0.25) is 0 Å². The van der Waals surface area contributed by atoms with E-state index in [1.165, 1.54) is 5.56 Å². The zero-order valence-electron chi connectivity index (χ0n) is 12.0. The quantitative estimate of drug-likeness (QED) is 0.792. The van der Waals surface area contributed by atoms with Gasteiger partial charge in [0.2, 0.25) is 0 Å². The van der Waals surface area contributed by atoms with E-state index >= 15 is 0 Å². The maximum Gasteiger partial charge on any atom is 0.0982 e. The van der Waals surface area contributed by atoms with Crippen molar-refractivity contribution in [3.05, 3.63) is 71.9 Å². The predicted octanol–water partition coefficient (Wildman–Crippen LogP) is 3.59. The molecule has 21 heavy (non-hydrogen) atoms. The van der Waals surface area contributed by atoms with Crippen LogP contribution in [0.25, 0.3) is 16.9 Å². The molecule has 0 saturated heterocycles.